The van der Waals surface area contributed by atoms with E-state index in [1.807, 2.05) is 7.05 Å². The molecule has 0 bridgehead atoms. The van der Waals surface area contributed by atoms with E-state index in [9.17, 15) is 0 Å². The van der Waals surface area contributed by atoms with Crippen LogP contribution in [0.2, 0.25) is 0 Å². The van der Waals surface area contributed by atoms with Crippen molar-refractivity contribution in [3.63, 3.8) is 0 Å². The molecule has 1 heterocycles. The molecule has 0 spiro atoms. The van der Waals surface area contributed by atoms with Gasteiger partial charge >= 0.3 is 0 Å². The molecule has 0 atom stereocenters. The summed E-state index contributed by atoms with van der Waals surface area (Å²) in [6.07, 6.45) is 4.29. The Bertz CT molecular complexity index is 396. The molecule has 16 heavy (non-hydrogen) atoms. The standard InChI is InChI=1S/C14H19NO/c1-3-12-13(5-4-6-14(12)15-2)11-7-9-16-10-8-11/h4-7,15H,3,8-10H2,1-2H3. The second-order valence-electron chi connectivity index (χ2n) is 3.99. The highest BCUT2D eigenvalue weighted by atomic mass is 16.5. The number of nitrogens with one attached hydrogen (secondary N) is 1. The number of ether oxygens (including phenoxy) is 1. The molecule has 0 aliphatic carbocycles. The van der Waals surface area contributed by atoms with Crippen LogP contribution in [0.15, 0.2) is 24.3 Å². The largest absolute Gasteiger partial charge is 0.388 e. The molecule has 1 aliphatic heterocycles. The highest BCUT2D eigenvalue weighted by Crippen LogP contribution is 2.29. The van der Waals surface area contributed by atoms with Gasteiger partial charge in [-0.2, -0.15) is 0 Å². The first-order chi connectivity index (χ1) is 7.86. The Balaban J connectivity index is 2.42. The lowest BCUT2D eigenvalue weighted by Gasteiger charge is -2.18. The minimum atomic E-state index is 0.752. The van der Waals surface area contributed by atoms with E-state index < -0.39 is 0 Å². The van der Waals surface area contributed by atoms with E-state index in [1.54, 1.807) is 0 Å². The zero-order chi connectivity index (χ0) is 11.4. The maximum atomic E-state index is 5.36. The third-order valence-electron chi connectivity index (χ3n) is 3.11. The molecule has 0 aromatic heterocycles. The second kappa shape index (κ2) is 5.17. The molecule has 0 saturated heterocycles. The van der Waals surface area contributed by atoms with Gasteiger partial charge < -0.3 is 10.1 Å². The Morgan fingerprint density at radius 3 is 2.88 bits per heavy atom. The molecule has 86 valence electrons. The minimum absolute atomic E-state index is 0.752. The lowest BCUT2D eigenvalue weighted by molar-refractivity contribution is 0.161. The van der Waals surface area contributed by atoms with Gasteiger partial charge in [0.2, 0.25) is 0 Å². The number of rotatable bonds is 3. The molecule has 1 aromatic rings. The summed E-state index contributed by atoms with van der Waals surface area (Å²) in [5, 5.41) is 3.27. The predicted octanol–water partition coefficient (Wildman–Crippen LogP) is 3.09. The zero-order valence-corrected chi connectivity index (χ0v) is 10.0. The molecular formula is C14H19NO. The fourth-order valence-corrected chi connectivity index (χ4v) is 2.27. The number of anilines is 1. The molecule has 2 nitrogen and oxygen atoms in total. The Labute approximate surface area is 97.3 Å². The predicted molar refractivity (Wildman–Crippen MR) is 68.8 cm³/mol. The monoisotopic (exact) mass is 217 g/mol. The van der Waals surface area contributed by atoms with Gasteiger partial charge in [-0.15, -0.1) is 0 Å². The minimum Gasteiger partial charge on any atom is -0.388 e. The molecule has 0 amide bonds. The summed E-state index contributed by atoms with van der Waals surface area (Å²) in [4.78, 5) is 0. The summed E-state index contributed by atoms with van der Waals surface area (Å²) in [6.45, 7) is 3.81. The fraction of sp³-hybridized carbons (Fsp3) is 0.429. The first kappa shape index (κ1) is 11.2. The highest BCUT2D eigenvalue weighted by molar-refractivity contribution is 5.73. The molecule has 1 N–H and O–H groups in total. The summed E-state index contributed by atoms with van der Waals surface area (Å²) in [7, 11) is 1.98. The first-order valence-corrected chi connectivity index (χ1v) is 5.93. The van der Waals surface area contributed by atoms with Gasteiger partial charge in [-0.1, -0.05) is 25.1 Å². The van der Waals surface area contributed by atoms with Crippen LogP contribution in [0.25, 0.3) is 5.57 Å². The molecule has 2 heteroatoms. The van der Waals surface area contributed by atoms with E-state index in [1.165, 1.54) is 22.4 Å². The van der Waals surface area contributed by atoms with Gasteiger partial charge in [-0.05, 0) is 35.6 Å². The summed E-state index contributed by atoms with van der Waals surface area (Å²) in [6, 6.07) is 6.48. The van der Waals surface area contributed by atoms with E-state index in [4.69, 9.17) is 4.74 Å². The van der Waals surface area contributed by atoms with Crippen molar-refractivity contribution < 1.29 is 4.74 Å². The third kappa shape index (κ3) is 2.12. The second-order valence-corrected chi connectivity index (χ2v) is 3.99. The van der Waals surface area contributed by atoms with Crippen molar-refractivity contribution in [1.82, 2.24) is 0 Å². The Hall–Kier alpha value is -1.28. The Morgan fingerprint density at radius 2 is 2.25 bits per heavy atom. The first-order valence-electron chi connectivity index (χ1n) is 5.93. The van der Waals surface area contributed by atoms with Crippen LogP contribution >= 0.6 is 0 Å². The van der Waals surface area contributed by atoms with Gasteiger partial charge in [0.25, 0.3) is 0 Å². The summed E-state index contributed by atoms with van der Waals surface area (Å²) in [5.41, 5.74) is 5.48. The van der Waals surface area contributed by atoms with Crippen LogP contribution < -0.4 is 5.32 Å². The average molecular weight is 217 g/mol. The summed E-state index contributed by atoms with van der Waals surface area (Å²) in [5.74, 6) is 0. The van der Waals surface area contributed by atoms with Crippen LogP contribution in [0.3, 0.4) is 0 Å². The van der Waals surface area contributed by atoms with E-state index in [0.717, 1.165) is 26.1 Å². The van der Waals surface area contributed by atoms with Gasteiger partial charge in [-0.3, -0.25) is 0 Å². The van der Waals surface area contributed by atoms with Gasteiger partial charge in [-0.25, -0.2) is 0 Å². The quantitative estimate of drug-likeness (QED) is 0.840. The van der Waals surface area contributed by atoms with Crippen LogP contribution in [0, 0.1) is 0 Å². The van der Waals surface area contributed by atoms with Crippen molar-refractivity contribution >= 4 is 11.3 Å². The maximum absolute atomic E-state index is 5.36. The molecule has 0 saturated carbocycles. The zero-order valence-electron chi connectivity index (χ0n) is 10.0. The van der Waals surface area contributed by atoms with Crippen LogP contribution in [0.4, 0.5) is 5.69 Å². The van der Waals surface area contributed by atoms with Crippen molar-refractivity contribution in [1.29, 1.82) is 0 Å². The normalized spacial score (nSPS) is 15.8. The Kier molecular flexibility index (Phi) is 3.62. The average Bonchev–Trinajstić information content (AvgIpc) is 2.38. The van der Waals surface area contributed by atoms with E-state index in [-0.39, 0.29) is 0 Å². The molecule has 1 aliphatic rings. The molecule has 0 fully saturated rings. The lowest BCUT2D eigenvalue weighted by atomic mass is 9.94. The highest BCUT2D eigenvalue weighted by Gasteiger charge is 2.11. The van der Waals surface area contributed by atoms with Crippen molar-refractivity contribution in [3.05, 3.63) is 35.4 Å². The van der Waals surface area contributed by atoms with E-state index in [0.29, 0.717) is 0 Å². The van der Waals surface area contributed by atoms with Crippen LogP contribution in [0.5, 0.6) is 0 Å². The van der Waals surface area contributed by atoms with Crippen LogP contribution in [0.1, 0.15) is 24.5 Å². The Morgan fingerprint density at radius 1 is 1.38 bits per heavy atom. The molecule has 1 aromatic carbocycles. The van der Waals surface area contributed by atoms with Gasteiger partial charge in [0, 0.05) is 12.7 Å². The van der Waals surface area contributed by atoms with Crippen LogP contribution in [-0.2, 0) is 11.2 Å². The van der Waals surface area contributed by atoms with E-state index >= 15 is 0 Å². The van der Waals surface area contributed by atoms with Crippen molar-refractivity contribution in [3.8, 4) is 0 Å². The molecule has 0 radical (unpaired) electrons. The number of hydrogen-bond acceptors (Lipinski definition) is 2. The van der Waals surface area contributed by atoms with E-state index in [2.05, 4.69) is 36.5 Å². The van der Waals surface area contributed by atoms with Crippen molar-refractivity contribution in [2.45, 2.75) is 19.8 Å². The molecule has 2 rings (SSSR count). The van der Waals surface area contributed by atoms with Crippen molar-refractivity contribution in [2.75, 3.05) is 25.6 Å². The smallest absolute Gasteiger partial charge is 0.0653 e. The van der Waals surface area contributed by atoms with Crippen LogP contribution in [-0.4, -0.2) is 20.3 Å². The van der Waals surface area contributed by atoms with Gasteiger partial charge in [0.1, 0.15) is 0 Å². The SMILES string of the molecule is CCc1c(NC)cccc1C1=CCOCC1. The summed E-state index contributed by atoms with van der Waals surface area (Å²) >= 11 is 0. The van der Waals surface area contributed by atoms with Gasteiger partial charge in [0.15, 0.2) is 0 Å². The number of hydrogen-bond donors (Lipinski definition) is 1. The van der Waals surface area contributed by atoms with Gasteiger partial charge in [0.05, 0.1) is 13.2 Å². The summed E-state index contributed by atoms with van der Waals surface area (Å²) < 4.78 is 5.36. The molecule has 0 unspecified atom stereocenters. The number of benzene rings is 1. The lowest BCUT2D eigenvalue weighted by Crippen LogP contribution is -2.06. The third-order valence-corrected chi connectivity index (χ3v) is 3.11. The fourth-order valence-electron chi connectivity index (χ4n) is 2.27. The van der Waals surface area contributed by atoms with Crippen molar-refractivity contribution in [2.24, 2.45) is 0 Å². The molecular weight excluding hydrogens is 198 g/mol. The topological polar surface area (TPSA) is 21.3 Å². The maximum Gasteiger partial charge on any atom is 0.0653 e.